The number of fused-ring (bicyclic) bond motifs is 1. The number of nitrogens with one attached hydrogen (secondary N) is 1. The molecule has 0 fully saturated rings. The van der Waals surface area contributed by atoms with Gasteiger partial charge in [0.15, 0.2) is 0 Å². The van der Waals surface area contributed by atoms with Crippen LogP contribution >= 0.6 is 0 Å². The van der Waals surface area contributed by atoms with E-state index in [9.17, 15) is 4.79 Å². The molecule has 1 aromatic carbocycles. The van der Waals surface area contributed by atoms with Crippen LogP contribution in [0.3, 0.4) is 0 Å². The molecule has 0 unspecified atom stereocenters. The van der Waals surface area contributed by atoms with Gasteiger partial charge in [0.05, 0.1) is 0 Å². The first-order valence-corrected chi connectivity index (χ1v) is 5.45. The summed E-state index contributed by atoms with van der Waals surface area (Å²) in [7, 11) is 3.51. The van der Waals surface area contributed by atoms with E-state index in [1.807, 2.05) is 6.07 Å². The molecule has 0 bridgehead atoms. The summed E-state index contributed by atoms with van der Waals surface area (Å²) in [5, 5.41) is 1.09. The highest BCUT2D eigenvalue weighted by molar-refractivity contribution is 5.97. The molecule has 2 aromatic rings. The topological polar surface area (TPSA) is 36.1 Å². The van der Waals surface area contributed by atoms with E-state index in [-0.39, 0.29) is 5.91 Å². The van der Waals surface area contributed by atoms with E-state index in [0.29, 0.717) is 5.69 Å². The second-order valence-electron chi connectivity index (χ2n) is 4.16. The predicted molar refractivity (Wildman–Crippen MR) is 65.7 cm³/mol. The van der Waals surface area contributed by atoms with Crippen LogP contribution in [-0.4, -0.2) is 29.9 Å². The van der Waals surface area contributed by atoms with Crippen LogP contribution in [0.25, 0.3) is 10.9 Å². The third-order valence-corrected chi connectivity index (χ3v) is 2.73. The molecule has 1 N–H and O–H groups in total. The Labute approximate surface area is 95.1 Å². The summed E-state index contributed by atoms with van der Waals surface area (Å²) in [6.07, 6.45) is 1.01. The summed E-state index contributed by atoms with van der Waals surface area (Å²) in [5.74, 6) is 0.00856. The molecule has 2 rings (SSSR count). The van der Waals surface area contributed by atoms with Gasteiger partial charge in [0.1, 0.15) is 5.69 Å². The second-order valence-corrected chi connectivity index (χ2v) is 4.16. The van der Waals surface area contributed by atoms with Gasteiger partial charge >= 0.3 is 0 Å². The van der Waals surface area contributed by atoms with E-state index < -0.39 is 0 Å². The van der Waals surface area contributed by atoms with Crippen LogP contribution in [0, 0.1) is 0 Å². The third kappa shape index (κ3) is 1.81. The van der Waals surface area contributed by atoms with Gasteiger partial charge in [-0.25, -0.2) is 0 Å². The fourth-order valence-corrected chi connectivity index (χ4v) is 1.75. The Morgan fingerprint density at radius 2 is 2.06 bits per heavy atom. The predicted octanol–water partition coefficient (Wildman–Crippen LogP) is 2.43. The van der Waals surface area contributed by atoms with Gasteiger partial charge in [0.2, 0.25) is 0 Å². The molecule has 0 radical (unpaired) electrons. The molecule has 16 heavy (non-hydrogen) atoms. The zero-order valence-electron chi connectivity index (χ0n) is 9.87. The Hall–Kier alpha value is -1.77. The Balaban J connectivity index is 2.47. The standard InChI is InChI=1S/C13H16N2O/c1-4-9-5-6-10-8-12(13(16)15(2)3)14-11(10)7-9/h5-8,14H,4H2,1-3H3. The van der Waals surface area contributed by atoms with Crippen LogP contribution in [0.5, 0.6) is 0 Å². The molecular weight excluding hydrogens is 200 g/mol. The Morgan fingerprint density at radius 3 is 2.69 bits per heavy atom. The van der Waals surface area contributed by atoms with Crippen LogP contribution in [0.4, 0.5) is 0 Å². The minimum absolute atomic E-state index is 0.00856. The van der Waals surface area contributed by atoms with E-state index in [0.717, 1.165) is 17.3 Å². The quantitative estimate of drug-likeness (QED) is 0.822. The van der Waals surface area contributed by atoms with Crippen molar-refractivity contribution in [3.05, 3.63) is 35.5 Å². The average Bonchev–Trinajstić information content (AvgIpc) is 2.69. The van der Waals surface area contributed by atoms with Crippen molar-refractivity contribution in [2.45, 2.75) is 13.3 Å². The summed E-state index contributed by atoms with van der Waals surface area (Å²) in [4.78, 5) is 16.5. The largest absolute Gasteiger partial charge is 0.351 e. The first-order chi connectivity index (χ1) is 7.61. The monoisotopic (exact) mass is 216 g/mol. The molecule has 1 amide bonds. The van der Waals surface area contributed by atoms with Crippen LogP contribution in [0.1, 0.15) is 23.0 Å². The number of hydrogen-bond acceptors (Lipinski definition) is 1. The number of nitrogens with zero attached hydrogens (tertiary/aromatic N) is 1. The molecular formula is C13H16N2O. The highest BCUT2D eigenvalue weighted by Gasteiger charge is 2.10. The van der Waals surface area contributed by atoms with Gasteiger partial charge in [-0.1, -0.05) is 19.1 Å². The highest BCUT2D eigenvalue weighted by Crippen LogP contribution is 2.18. The van der Waals surface area contributed by atoms with E-state index >= 15 is 0 Å². The SMILES string of the molecule is CCc1ccc2cc(C(=O)N(C)C)[nH]c2c1. The normalized spacial score (nSPS) is 10.7. The minimum atomic E-state index is 0.00856. The molecule has 84 valence electrons. The summed E-state index contributed by atoms with van der Waals surface area (Å²) in [5.41, 5.74) is 2.95. The Bertz CT molecular complexity index is 526. The number of carbonyl (C=O) groups excluding carboxylic acids is 1. The molecule has 0 atom stereocenters. The first-order valence-electron chi connectivity index (χ1n) is 5.45. The first kappa shape index (κ1) is 10.7. The number of rotatable bonds is 2. The summed E-state index contributed by atoms with van der Waals surface area (Å²) < 4.78 is 0. The molecule has 3 heteroatoms. The lowest BCUT2D eigenvalue weighted by Crippen LogP contribution is -2.21. The summed E-state index contributed by atoms with van der Waals surface area (Å²) in [6.45, 7) is 2.12. The number of aromatic nitrogens is 1. The van der Waals surface area contributed by atoms with E-state index in [2.05, 4.69) is 30.1 Å². The Kier molecular flexibility index (Phi) is 2.69. The second kappa shape index (κ2) is 4.00. The van der Waals surface area contributed by atoms with Crippen molar-refractivity contribution in [2.24, 2.45) is 0 Å². The number of benzene rings is 1. The zero-order valence-corrected chi connectivity index (χ0v) is 9.87. The molecule has 0 aliphatic carbocycles. The lowest BCUT2D eigenvalue weighted by molar-refractivity contribution is 0.0823. The Morgan fingerprint density at radius 1 is 1.31 bits per heavy atom. The van der Waals surface area contributed by atoms with Crippen LogP contribution < -0.4 is 0 Å². The van der Waals surface area contributed by atoms with Gasteiger partial charge in [-0.05, 0) is 24.1 Å². The lowest BCUT2D eigenvalue weighted by atomic mass is 10.1. The molecule has 0 saturated carbocycles. The summed E-state index contributed by atoms with van der Waals surface area (Å²) in [6, 6.07) is 8.15. The molecule has 0 saturated heterocycles. The van der Waals surface area contributed by atoms with Crippen molar-refractivity contribution >= 4 is 16.8 Å². The van der Waals surface area contributed by atoms with Crippen molar-refractivity contribution in [3.63, 3.8) is 0 Å². The lowest BCUT2D eigenvalue weighted by Gasteiger charge is -2.07. The molecule has 1 heterocycles. The zero-order chi connectivity index (χ0) is 11.7. The molecule has 3 nitrogen and oxygen atoms in total. The van der Waals surface area contributed by atoms with Crippen LogP contribution in [0.15, 0.2) is 24.3 Å². The van der Waals surface area contributed by atoms with Crippen molar-refractivity contribution in [2.75, 3.05) is 14.1 Å². The minimum Gasteiger partial charge on any atom is -0.351 e. The van der Waals surface area contributed by atoms with Gasteiger partial charge < -0.3 is 9.88 Å². The molecule has 0 aliphatic heterocycles. The van der Waals surface area contributed by atoms with Gasteiger partial charge in [-0.2, -0.15) is 0 Å². The molecule has 0 spiro atoms. The van der Waals surface area contributed by atoms with E-state index in [1.54, 1.807) is 19.0 Å². The number of hydrogen-bond donors (Lipinski definition) is 1. The molecule has 1 aromatic heterocycles. The van der Waals surface area contributed by atoms with Crippen molar-refractivity contribution in [1.29, 1.82) is 0 Å². The van der Waals surface area contributed by atoms with Gasteiger partial charge in [-0.15, -0.1) is 0 Å². The van der Waals surface area contributed by atoms with Gasteiger partial charge in [0, 0.05) is 25.0 Å². The summed E-state index contributed by atoms with van der Waals surface area (Å²) >= 11 is 0. The fraction of sp³-hybridized carbons (Fsp3) is 0.308. The maximum atomic E-state index is 11.8. The van der Waals surface area contributed by atoms with Crippen molar-refractivity contribution in [1.82, 2.24) is 9.88 Å². The number of aromatic amines is 1. The number of carbonyl (C=O) groups is 1. The maximum absolute atomic E-state index is 11.8. The fourth-order valence-electron chi connectivity index (χ4n) is 1.75. The molecule has 0 aliphatic rings. The van der Waals surface area contributed by atoms with Crippen LogP contribution in [-0.2, 0) is 6.42 Å². The number of H-pyrrole nitrogens is 1. The smallest absolute Gasteiger partial charge is 0.269 e. The van der Waals surface area contributed by atoms with Crippen LogP contribution in [0.2, 0.25) is 0 Å². The number of aryl methyl sites for hydroxylation is 1. The van der Waals surface area contributed by atoms with Gasteiger partial charge in [0.25, 0.3) is 5.91 Å². The number of amides is 1. The van der Waals surface area contributed by atoms with Crippen molar-refractivity contribution < 1.29 is 4.79 Å². The van der Waals surface area contributed by atoms with E-state index in [1.165, 1.54) is 5.56 Å². The van der Waals surface area contributed by atoms with Crippen molar-refractivity contribution in [3.8, 4) is 0 Å². The maximum Gasteiger partial charge on any atom is 0.269 e. The third-order valence-electron chi connectivity index (χ3n) is 2.73. The van der Waals surface area contributed by atoms with E-state index in [4.69, 9.17) is 0 Å². The average molecular weight is 216 g/mol. The van der Waals surface area contributed by atoms with Gasteiger partial charge in [-0.3, -0.25) is 4.79 Å². The highest BCUT2D eigenvalue weighted by atomic mass is 16.2.